The van der Waals surface area contributed by atoms with Crippen molar-refractivity contribution in [1.82, 2.24) is 4.90 Å². The molecule has 1 aromatic carbocycles. The van der Waals surface area contributed by atoms with Gasteiger partial charge in [-0.25, -0.2) is 8.78 Å². The monoisotopic (exact) mass is 280 g/mol. The molecule has 20 heavy (non-hydrogen) atoms. The predicted octanol–water partition coefficient (Wildman–Crippen LogP) is 1.55. The van der Waals surface area contributed by atoms with Gasteiger partial charge in [0.1, 0.15) is 11.6 Å². The summed E-state index contributed by atoms with van der Waals surface area (Å²) in [6.45, 7) is 1.62. The van der Waals surface area contributed by atoms with Crippen LogP contribution in [-0.4, -0.2) is 36.3 Å². The maximum Gasteiger partial charge on any atom is 0.228 e. The lowest BCUT2D eigenvalue weighted by molar-refractivity contribution is -0.139. The Morgan fingerprint density at radius 1 is 1.25 bits per heavy atom. The molecule has 2 fully saturated rings. The van der Waals surface area contributed by atoms with Crippen molar-refractivity contribution in [3.63, 3.8) is 0 Å². The minimum atomic E-state index is -0.782. The fraction of sp³-hybridized carbons (Fsp3) is 0.429. The molecule has 1 aromatic rings. The maximum atomic E-state index is 13.7. The Kier molecular flexibility index (Phi) is 3.16. The first-order valence-electron chi connectivity index (χ1n) is 6.60. The molecule has 6 heteroatoms. The highest BCUT2D eigenvalue weighted by atomic mass is 19.1. The summed E-state index contributed by atoms with van der Waals surface area (Å²) < 4.78 is 26.6. The molecule has 2 aliphatic heterocycles. The molecule has 1 atom stereocenters. The average Bonchev–Trinajstić information content (AvgIpc) is 2.69. The van der Waals surface area contributed by atoms with Crippen molar-refractivity contribution in [3.05, 3.63) is 29.8 Å². The van der Waals surface area contributed by atoms with E-state index in [4.69, 9.17) is 0 Å². The van der Waals surface area contributed by atoms with Crippen LogP contribution >= 0.6 is 0 Å². The van der Waals surface area contributed by atoms with Crippen molar-refractivity contribution in [1.29, 1.82) is 0 Å². The zero-order valence-electron chi connectivity index (χ0n) is 10.8. The largest absolute Gasteiger partial charge is 0.342 e. The Hall–Kier alpha value is -1.98. The molecule has 4 nitrogen and oxygen atoms in total. The van der Waals surface area contributed by atoms with E-state index in [0.29, 0.717) is 0 Å². The van der Waals surface area contributed by atoms with Crippen LogP contribution in [0.3, 0.4) is 0 Å². The van der Waals surface area contributed by atoms with Crippen molar-refractivity contribution < 1.29 is 18.4 Å². The van der Waals surface area contributed by atoms with Gasteiger partial charge in [-0.15, -0.1) is 0 Å². The molecule has 3 rings (SSSR count). The molecule has 0 spiro atoms. The molecule has 2 saturated heterocycles. The minimum Gasteiger partial charge on any atom is -0.342 e. The zero-order chi connectivity index (χ0) is 14.3. The van der Waals surface area contributed by atoms with Crippen molar-refractivity contribution in [3.8, 4) is 0 Å². The van der Waals surface area contributed by atoms with Gasteiger partial charge in [0.2, 0.25) is 11.8 Å². The summed E-state index contributed by atoms with van der Waals surface area (Å²) in [5.74, 6) is -2.24. The second-order valence-corrected chi connectivity index (χ2v) is 5.18. The summed E-state index contributed by atoms with van der Waals surface area (Å²) >= 11 is 0. The Morgan fingerprint density at radius 3 is 2.60 bits per heavy atom. The molecule has 0 radical (unpaired) electrons. The van der Waals surface area contributed by atoms with Crippen LogP contribution < -0.4 is 4.90 Å². The van der Waals surface area contributed by atoms with E-state index >= 15 is 0 Å². The van der Waals surface area contributed by atoms with Crippen molar-refractivity contribution >= 4 is 17.5 Å². The number of amides is 2. The standard InChI is InChI=1S/C14H14F2N2O2/c15-10-2-3-12(11(16)7-10)18-8-9(6-13(18)19)14(20)17-4-1-5-17/h2-3,7,9H,1,4-6,8H2. The Balaban J connectivity index is 1.78. The third-order valence-corrected chi connectivity index (χ3v) is 3.84. The van der Waals surface area contributed by atoms with Crippen molar-refractivity contribution in [2.24, 2.45) is 5.92 Å². The molecule has 0 aromatic heterocycles. The summed E-state index contributed by atoms with van der Waals surface area (Å²) in [6.07, 6.45) is 1.08. The number of hydrogen-bond acceptors (Lipinski definition) is 2. The number of hydrogen-bond donors (Lipinski definition) is 0. The molecule has 2 amide bonds. The summed E-state index contributed by atoms with van der Waals surface area (Å²) in [6, 6.07) is 3.09. The first-order chi connectivity index (χ1) is 9.56. The van der Waals surface area contributed by atoms with E-state index < -0.39 is 17.6 Å². The van der Waals surface area contributed by atoms with Gasteiger partial charge in [0.15, 0.2) is 0 Å². The number of halogens is 2. The van der Waals surface area contributed by atoms with Crippen LogP contribution in [0.25, 0.3) is 0 Å². The van der Waals surface area contributed by atoms with Crippen LogP contribution in [0.2, 0.25) is 0 Å². The third kappa shape index (κ3) is 2.15. The number of carbonyl (C=O) groups is 2. The summed E-state index contributed by atoms with van der Waals surface area (Å²) in [5.41, 5.74) is 0.0373. The summed E-state index contributed by atoms with van der Waals surface area (Å²) in [5, 5.41) is 0. The number of rotatable bonds is 2. The Labute approximate surface area is 115 Å². The molecule has 106 valence electrons. The molecule has 2 heterocycles. The van der Waals surface area contributed by atoms with E-state index in [1.165, 1.54) is 11.0 Å². The lowest BCUT2D eigenvalue weighted by atomic mass is 10.0. The highest BCUT2D eigenvalue weighted by Crippen LogP contribution is 2.29. The topological polar surface area (TPSA) is 40.6 Å². The predicted molar refractivity (Wildman–Crippen MR) is 68.0 cm³/mol. The fourth-order valence-corrected chi connectivity index (χ4v) is 2.60. The lowest BCUT2D eigenvalue weighted by Crippen LogP contribution is -2.45. The molecular formula is C14H14F2N2O2. The van der Waals surface area contributed by atoms with Gasteiger partial charge >= 0.3 is 0 Å². The van der Waals surface area contributed by atoms with E-state index in [2.05, 4.69) is 0 Å². The smallest absolute Gasteiger partial charge is 0.228 e. The van der Waals surface area contributed by atoms with Crippen LogP contribution in [0, 0.1) is 17.6 Å². The van der Waals surface area contributed by atoms with Gasteiger partial charge in [0.05, 0.1) is 11.6 Å². The van der Waals surface area contributed by atoms with Gasteiger partial charge in [-0.2, -0.15) is 0 Å². The van der Waals surface area contributed by atoms with Crippen LogP contribution in [-0.2, 0) is 9.59 Å². The average molecular weight is 280 g/mol. The number of benzene rings is 1. The molecule has 0 saturated carbocycles. The third-order valence-electron chi connectivity index (χ3n) is 3.84. The highest BCUT2D eigenvalue weighted by molar-refractivity contribution is 6.00. The van der Waals surface area contributed by atoms with E-state index in [1.54, 1.807) is 4.90 Å². The van der Waals surface area contributed by atoms with E-state index in [0.717, 1.165) is 31.6 Å². The first-order valence-corrected chi connectivity index (χ1v) is 6.60. The van der Waals surface area contributed by atoms with E-state index in [-0.39, 0.29) is 30.5 Å². The first kappa shape index (κ1) is 13.0. The quantitative estimate of drug-likeness (QED) is 0.824. The van der Waals surface area contributed by atoms with Gasteiger partial charge in [0, 0.05) is 32.1 Å². The number of anilines is 1. The number of carbonyl (C=O) groups excluding carboxylic acids is 2. The highest BCUT2D eigenvalue weighted by Gasteiger charge is 2.39. The van der Waals surface area contributed by atoms with E-state index in [9.17, 15) is 18.4 Å². The molecule has 2 aliphatic rings. The molecule has 0 N–H and O–H groups in total. The minimum absolute atomic E-state index is 0.0373. The van der Waals surface area contributed by atoms with Gasteiger partial charge in [-0.1, -0.05) is 0 Å². The van der Waals surface area contributed by atoms with E-state index in [1.807, 2.05) is 0 Å². The second kappa shape index (κ2) is 4.85. The molecule has 0 aliphatic carbocycles. The molecular weight excluding hydrogens is 266 g/mol. The molecule has 0 bridgehead atoms. The number of nitrogens with zero attached hydrogens (tertiary/aromatic N) is 2. The second-order valence-electron chi connectivity index (χ2n) is 5.18. The van der Waals surface area contributed by atoms with Crippen LogP contribution in [0.5, 0.6) is 0 Å². The maximum absolute atomic E-state index is 13.7. The molecule has 1 unspecified atom stereocenters. The van der Waals surface area contributed by atoms with Gasteiger partial charge in [-0.05, 0) is 18.6 Å². The zero-order valence-corrected chi connectivity index (χ0v) is 10.8. The summed E-state index contributed by atoms with van der Waals surface area (Å²) in [7, 11) is 0. The van der Waals surface area contributed by atoms with Crippen LogP contribution in [0.4, 0.5) is 14.5 Å². The Bertz CT molecular complexity index is 572. The van der Waals surface area contributed by atoms with Crippen molar-refractivity contribution in [2.75, 3.05) is 24.5 Å². The van der Waals surface area contributed by atoms with Crippen LogP contribution in [0.1, 0.15) is 12.8 Å². The normalized spacial score (nSPS) is 22.1. The van der Waals surface area contributed by atoms with Gasteiger partial charge in [0.25, 0.3) is 0 Å². The van der Waals surface area contributed by atoms with Crippen LogP contribution in [0.15, 0.2) is 18.2 Å². The van der Waals surface area contributed by atoms with Gasteiger partial charge < -0.3 is 9.80 Å². The SMILES string of the molecule is O=C(C1CC(=O)N(c2ccc(F)cc2F)C1)N1CCC1. The summed E-state index contributed by atoms with van der Waals surface area (Å²) in [4.78, 5) is 27.0. The van der Waals surface area contributed by atoms with Crippen molar-refractivity contribution in [2.45, 2.75) is 12.8 Å². The fourth-order valence-electron chi connectivity index (χ4n) is 2.60. The number of likely N-dealkylation sites (tertiary alicyclic amines) is 1. The Morgan fingerprint density at radius 2 is 2.00 bits per heavy atom. The lowest BCUT2D eigenvalue weighted by Gasteiger charge is -2.32. The van der Waals surface area contributed by atoms with Gasteiger partial charge in [-0.3, -0.25) is 9.59 Å².